The third-order valence-corrected chi connectivity index (χ3v) is 7.63. The van der Waals surface area contributed by atoms with Crippen molar-refractivity contribution in [1.82, 2.24) is 24.1 Å². The van der Waals surface area contributed by atoms with Crippen molar-refractivity contribution in [1.29, 1.82) is 0 Å². The van der Waals surface area contributed by atoms with Gasteiger partial charge in [0.25, 0.3) is 0 Å². The Kier molecular flexibility index (Phi) is 8.60. The minimum absolute atomic E-state index is 0.106. The van der Waals surface area contributed by atoms with Gasteiger partial charge in [0.2, 0.25) is 0 Å². The zero-order valence-electron chi connectivity index (χ0n) is 24.0. The van der Waals surface area contributed by atoms with E-state index in [0.29, 0.717) is 18.8 Å². The monoisotopic (exact) mass is 567 g/mol. The second-order valence-electron chi connectivity index (χ2n) is 10.5. The first-order chi connectivity index (χ1) is 20.7. The van der Waals surface area contributed by atoms with Crippen LogP contribution in [0.4, 0.5) is 17.2 Å². The van der Waals surface area contributed by atoms with Gasteiger partial charge < -0.3 is 24.1 Å². The maximum absolute atomic E-state index is 11.5. The molecule has 6 rings (SSSR count). The van der Waals surface area contributed by atoms with Gasteiger partial charge in [-0.15, -0.1) is 0 Å². The summed E-state index contributed by atoms with van der Waals surface area (Å²) >= 11 is 0. The van der Waals surface area contributed by atoms with E-state index in [0.717, 1.165) is 92.0 Å². The summed E-state index contributed by atoms with van der Waals surface area (Å²) in [6, 6.07) is 14.8. The molecule has 3 aromatic heterocycles. The van der Waals surface area contributed by atoms with Gasteiger partial charge in [-0.25, -0.2) is 9.97 Å². The largest absolute Gasteiger partial charge is 0.466 e. The second-order valence-corrected chi connectivity index (χ2v) is 10.5. The molecule has 2 aromatic carbocycles. The highest BCUT2D eigenvalue weighted by Crippen LogP contribution is 2.28. The molecule has 0 saturated carbocycles. The number of hydrogen-bond donors (Lipinski definition) is 1. The molecule has 5 aromatic rings. The fourth-order valence-corrected chi connectivity index (χ4v) is 5.39. The van der Waals surface area contributed by atoms with Crippen molar-refractivity contribution >= 4 is 39.7 Å². The van der Waals surface area contributed by atoms with E-state index in [1.807, 2.05) is 29.9 Å². The zero-order valence-corrected chi connectivity index (χ0v) is 24.0. The zero-order chi connectivity index (χ0) is 28.7. The molecule has 0 aliphatic carbocycles. The SMILES string of the molecule is CCOC(=O)CCCCCCn1ncc2ccc(-c3cn4ccnc4c(Nc4ccc(N5CCOCC5)cc4)n3)cc21. The molecule has 4 heterocycles. The Morgan fingerprint density at radius 2 is 1.88 bits per heavy atom. The van der Waals surface area contributed by atoms with Crippen LogP contribution in [-0.4, -0.2) is 63.0 Å². The van der Waals surface area contributed by atoms with Crippen molar-refractivity contribution in [3.63, 3.8) is 0 Å². The third-order valence-electron chi connectivity index (χ3n) is 7.63. The maximum atomic E-state index is 11.5. The van der Waals surface area contributed by atoms with Crippen molar-refractivity contribution in [2.24, 2.45) is 0 Å². The Morgan fingerprint density at radius 3 is 2.71 bits per heavy atom. The average molecular weight is 568 g/mol. The van der Waals surface area contributed by atoms with Gasteiger partial charge in [-0.2, -0.15) is 5.10 Å². The number of anilines is 3. The molecule has 1 saturated heterocycles. The fourth-order valence-electron chi connectivity index (χ4n) is 5.39. The van der Waals surface area contributed by atoms with Gasteiger partial charge >= 0.3 is 5.97 Å². The number of morpholine rings is 1. The normalized spacial score (nSPS) is 13.6. The van der Waals surface area contributed by atoms with E-state index in [4.69, 9.17) is 14.5 Å². The number of ether oxygens (including phenoxy) is 2. The summed E-state index contributed by atoms with van der Waals surface area (Å²) in [6.07, 6.45) is 12.1. The molecule has 1 fully saturated rings. The van der Waals surface area contributed by atoms with Crippen LogP contribution in [0.5, 0.6) is 0 Å². The Hall–Kier alpha value is -4.44. The number of rotatable bonds is 12. The van der Waals surface area contributed by atoms with E-state index in [1.54, 1.807) is 6.20 Å². The molecule has 0 spiro atoms. The van der Waals surface area contributed by atoms with E-state index in [9.17, 15) is 4.79 Å². The van der Waals surface area contributed by atoms with Crippen molar-refractivity contribution in [2.75, 3.05) is 43.1 Å². The highest BCUT2D eigenvalue weighted by molar-refractivity contribution is 5.84. The number of imidazole rings is 1. The number of esters is 1. The molecule has 0 unspecified atom stereocenters. The number of aromatic nitrogens is 5. The number of carbonyl (C=O) groups is 1. The van der Waals surface area contributed by atoms with Gasteiger partial charge in [0, 0.05) is 67.0 Å². The Bertz CT molecular complexity index is 1640. The summed E-state index contributed by atoms with van der Waals surface area (Å²) in [5, 5.41) is 9.23. The molecule has 0 bridgehead atoms. The summed E-state index contributed by atoms with van der Waals surface area (Å²) in [5.41, 5.74) is 5.86. The van der Waals surface area contributed by atoms with Gasteiger partial charge in [-0.3, -0.25) is 9.48 Å². The second kappa shape index (κ2) is 13.0. The maximum Gasteiger partial charge on any atom is 0.305 e. The van der Waals surface area contributed by atoms with Gasteiger partial charge in [0.15, 0.2) is 11.5 Å². The van der Waals surface area contributed by atoms with Crippen LogP contribution < -0.4 is 10.2 Å². The van der Waals surface area contributed by atoms with Crippen LogP contribution in [0.15, 0.2) is 67.3 Å². The molecule has 10 nitrogen and oxygen atoms in total. The molecule has 1 N–H and O–H groups in total. The molecule has 0 amide bonds. The van der Waals surface area contributed by atoms with Crippen molar-refractivity contribution in [3.05, 3.63) is 67.3 Å². The van der Waals surface area contributed by atoms with Gasteiger partial charge in [-0.1, -0.05) is 25.0 Å². The standard InChI is InChI=1S/C32H37N7O3/c1-2-42-30(40)7-5-3-4-6-15-39-29-21-24(8-9-25(29)22-34-39)28-23-38-16-14-33-32(38)31(36-28)35-26-10-12-27(13-11-26)37-17-19-41-20-18-37/h8-14,16,21-23H,2-7,15,17-20H2,1H3,(H,35,36). The van der Waals surface area contributed by atoms with Crippen LogP contribution in [0.3, 0.4) is 0 Å². The van der Waals surface area contributed by atoms with Crippen molar-refractivity contribution in [2.45, 2.75) is 45.6 Å². The van der Waals surface area contributed by atoms with Crippen LogP contribution in [0, 0.1) is 0 Å². The quantitative estimate of drug-likeness (QED) is 0.148. The molecule has 0 atom stereocenters. The van der Waals surface area contributed by atoms with Crippen LogP contribution in [0.1, 0.15) is 39.0 Å². The first-order valence-corrected chi connectivity index (χ1v) is 14.8. The number of nitrogens with zero attached hydrogens (tertiary/aromatic N) is 6. The molecule has 1 aliphatic rings. The lowest BCUT2D eigenvalue weighted by Gasteiger charge is -2.28. The number of aryl methyl sites for hydroxylation is 1. The molecular formula is C32H37N7O3. The molecule has 0 radical (unpaired) electrons. The molecule has 10 heteroatoms. The van der Waals surface area contributed by atoms with E-state index in [2.05, 4.69) is 67.4 Å². The molecular weight excluding hydrogens is 530 g/mol. The summed E-state index contributed by atoms with van der Waals surface area (Å²) in [4.78, 5) is 23.4. The predicted molar refractivity (Wildman–Crippen MR) is 164 cm³/mol. The molecule has 218 valence electrons. The van der Waals surface area contributed by atoms with Gasteiger partial charge in [-0.05, 0) is 50.1 Å². The number of hydrogen-bond acceptors (Lipinski definition) is 8. The number of unbranched alkanes of at least 4 members (excludes halogenated alkanes) is 3. The summed E-state index contributed by atoms with van der Waals surface area (Å²) in [5.74, 6) is 0.596. The smallest absolute Gasteiger partial charge is 0.305 e. The van der Waals surface area contributed by atoms with Crippen LogP contribution >= 0.6 is 0 Å². The lowest BCUT2D eigenvalue weighted by Crippen LogP contribution is -2.36. The minimum atomic E-state index is -0.106. The highest BCUT2D eigenvalue weighted by atomic mass is 16.5. The van der Waals surface area contributed by atoms with Gasteiger partial charge in [0.05, 0.1) is 37.2 Å². The van der Waals surface area contributed by atoms with Crippen LogP contribution in [0.2, 0.25) is 0 Å². The first-order valence-electron chi connectivity index (χ1n) is 14.8. The topological polar surface area (TPSA) is 98.8 Å². The van der Waals surface area contributed by atoms with Crippen LogP contribution in [0.25, 0.3) is 27.8 Å². The Morgan fingerprint density at radius 1 is 1.05 bits per heavy atom. The van der Waals surface area contributed by atoms with Crippen molar-refractivity contribution < 1.29 is 14.3 Å². The fraction of sp³-hybridized carbons (Fsp3) is 0.375. The van der Waals surface area contributed by atoms with Crippen molar-refractivity contribution in [3.8, 4) is 11.3 Å². The first kappa shape index (κ1) is 27.7. The lowest BCUT2D eigenvalue weighted by atomic mass is 10.1. The lowest BCUT2D eigenvalue weighted by molar-refractivity contribution is -0.143. The van der Waals surface area contributed by atoms with E-state index >= 15 is 0 Å². The number of nitrogens with one attached hydrogen (secondary N) is 1. The number of carbonyl (C=O) groups excluding carboxylic acids is 1. The molecule has 1 aliphatic heterocycles. The highest BCUT2D eigenvalue weighted by Gasteiger charge is 2.14. The van der Waals surface area contributed by atoms with E-state index < -0.39 is 0 Å². The minimum Gasteiger partial charge on any atom is -0.466 e. The Labute approximate surface area is 245 Å². The molecule has 42 heavy (non-hydrogen) atoms. The van der Waals surface area contributed by atoms with Crippen LogP contribution in [-0.2, 0) is 20.8 Å². The van der Waals surface area contributed by atoms with E-state index in [-0.39, 0.29) is 5.97 Å². The summed E-state index contributed by atoms with van der Waals surface area (Å²) < 4.78 is 14.6. The average Bonchev–Trinajstić information content (AvgIpc) is 3.67. The number of benzene rings is 2. The summed E-state index contributed by atoms with van der Waals surface area (Å²) in [6.45, 7) is 6.45. The third kappa shape index (κ3) is 6.38. The summed E-state index contributed by atoms with van der Waals surface area (Å²) in [7, 11) is 0. The predicted octanol–water partition coefficient (Wildman–Crippen LogP) is 5.84. The Balaban J connectivity index is 1.16. The van der Waals surface area contributed by atoms with Gasteiger partial charge in [0.1, 0.15) is 0 Å². The van der Waals surface area contributed by atoms with E-state index in [1.165, 1.54) is 5.69 Å². The number of fused-ring (bicyclic) bond motifs is 2.